The van der Waals surface area contributed by atoms with Crippen molar-refractivity contribution in [2.75, 3.05) is 0 Å². The Bertz CT molecular complexity index is 657. The number of ether oxygens (including phenoxy) is 2. The SMILES string of the molecule is CC(=O)OC(O)c1nc2ccccc2nc1C(O)OC(C)=O. The van der Waals surface area contributed by atoms with Gasteiger partial charge in [0.2, 0.25) is 12.6 Å². The number of hydrogen-bond donors (Lipinski definition) is 2. The molecule has 116 valence electrons. The fourth-order valence-corrected chi connectivity index (χ4v) is 1.82. The number of nitrogens with zero attached hydrogens (tertiary/aromatic N) is 2. The molecule has 0 saturated carbocycles. The highest BCUT2D eigenvalue weighted by molar-refractivity contribution is 5.74. The van der Waals surface area contributed by atoms with Gasteiger partial charge in [-0.3, -0.25) is 9.59 Å². The third-order valence-corrected chi connectivity index (χ3v) is 2.65. The number of carbonyl (C=O) groups is 2. The maximum atomic E-state index is 11.0. The topological polar surface area (TPSA) is 119 Å². The van der Waals surface area contributed by atoms with Crippen LogP contribution in [0.4, 0.5) is 0 Å². The summed E-state index contributed by atoms with van der Waals surface area (Å²) in [6.45, 7) is 2.22. The van der Waals surface area contributed by atoms with Gasteiger partial charge in [0.15, 0.2) is 0 Å². The lowest BCUT2D eigenvalue weighted by atomic mass is 10.2. The Kier molecular flexibility index (Phi) is 4.64. The molecule has 0 fully saturated rings. The second-order valence-corrected chi connectivity index (χ2v) is 4.41. The molecule has 0 aliphatic heterocycles. The van der Waals surface area contributed by atoms with E-state index in [0.29, 0.717) is 11.0 Å². The molecule has 1 aromatic carbocycles. The lowest BCUT2D eigenvalue weighted by molar-refractivity contribution is -0.173. The van der Waals surface area contributed by atoms with E-state index < -0.39 is 24.5 Å². The average Bonchev–Trinajstić information content (AvgIpc) is 2.44. The number of aliphatic hydroxyl groups excluding tert-OH is 2. The molecule has 0 amide bonds. The van der Waals surface area contributed by atoms with Crippen molar-refractivity contribution in [1.82, 2.24) is 9.97 Å². The van der Waals surface area contributed by atoms with Gasteiger partial charge < -0.3 is 19.7 Å². The van der Waals surface area contributed by atoms with Crippen molar-refractivity contribution in [2.45, 2.75) is 26.4 Å². The Morgan fingerprint density at radius 1 is 0.909 bits per heavy atom. The fraction of sp³-hybridized carbons (Fsp3) is 0.286. The maximum absolute atomic E-state index is 11.0. The first-order chi connectivity index (χ1) is 10.4. The standard InChI is InChI=1S/C14H14N2O6/c1-7(17)21-13(19)11-12(14(20)22-8(2)18)16-10-6-4-3-5-9(10)15-11/h3-6,13-14,19-20H,1-2H3. The number of rotatable bonds is 4. The number of hydrogen-bond acceptors (Lipinski definition) is 8. The number of esters is 2. The van der Waals surface area contributed by atoms with Gasteiger partial charge in [0.05, 0.1) is 11.0 Å². The van der Waals surface area contributed by atoms with Crippen LogP contribution in [0.5, 0.6) is 0 Å². The number of aromatic nitrogens is 2. The second kappa shape index (κ2) is 6.46. The van der Waals surface area contributed by atoms with Gasteiger partial charge in [-0.15, -0.1) is 0 Å². The summed E-state index contributed by atoms with van der Waals surface area (Å²) in [6.07, 6.45) is -3.48. The monoisotopic (exact) mass is 306 g/mol. The van der Waals surface area contributed by atoms with E-state index >= 15 is 0 Å². The minimum Gasteiger partial charge on any atom is -0.430 e. The smallest absolute Gasteiger partial charge is 0.305 e. The summed E-state index contributed by atoms with van der Waals surface area (Å²) < 4.78 is 9.29. The molecule has 0 saturated heterocycles. The zero-order valence-electron chi connectivity index (χ0n) is 11.9. The van der Waals surface area contributed by atoms with Crippen LogP contribution in [-0.2, 0) is 19.1 Å². The molecule has 1 heterocycles. The fourth-order valence-electron chi connectivity index (χ4n) is 1.82. The summed E-state index contributed by atoms with van der Waals surface area (Å²) in [6, 6.07) is 6.69. The molecule has 2 unspecified atom stereocenters. The number of benzene rings is 1. The van der Waals surface area contributed by atoms with Crippen molar-refractivity contribution in [3.8, 4) is 0 Å². The van der Waals surface area contributed by atoms with Crippen molar-refractivity contribution in [3.63, 3.8) is 0 Å². The van der Waals surface area contributed by atoms with E-state index in [9.17, 15) is 19.8 Å². The molecule has 1 aromatic heterocycles. The quantitative estimate of drug-likeness (QED) is 0.627. The zero-order valence-corrected chi connectivity index (χ0v) is 11.9. The first kappa shape index (κ1) is 15.8. The molecule has 2 N–H and O–H groups in total. The van der Waals surface area contributed by atoms with E-state index in [0.717, 1.165) is 13.8 Å². The van der Waals surface area contributed by atoms with E-state index in [1.54, 1.807) is 24.3 Å². The molecule has 8 nitrogen and oxygen atoms in total. The van der Waals surface area contributed by atoms with Gasteiger partial charge in [-0.05, 0) is 12.1 Å². The zero-order chi connectivity index (χ0) is 16.3. The van der Waals surface area contributed by atoms with Gasteiger partial charge in [-0.1, -0.05) is 12.1 Å². The Labute approximate surface area is 125 Å². The highest BCUT2D eigenvalue weighted by Gasteiger charge is 2.26. The molecule has 0 radical (unpaired) electrons. The normalized spacial score (nSPS) is 13.5. The highest BCUT2D eigenvalue weighted by Crippen LogP contribution is 2.25. The third-order valence-electron chi connectivity index (χ3n) is 2.65. The molecular formula is C14H14N2O6. The van der Waals surface area contributed by atoms with Crippen LogP contribution in [0.3, 0.4) is 0 Å². The minimum atomic E-state index is -1.74. The average molecular weight is 306 g/mol. The summed E-state index contributed by atoms with van der Waals surface area (Å²) in [5.74, 6) is -1.48. The van der Waals surface area contributed by atoms with Crippen molar-refractivity contribution >= 4 is 23.0 Å². The van der Waals surface area contributed by atoms with E-state index in [2.05, 4.69) is 19.4 Å². The van der Waals surface area contributed by atoms with Gasteiger partial charge >= 0.3 is 11.9 Å². The van der Waals surface area contributed by atoms with Crippen LogP contribution < -0.4 is 0 Å². The number of fused-ring (bicyclic) bond motifs is 1. The highest BCUT2D eigenvalue weighted by atomic mass is 16.6. The van der Waals surface area contributed by atoms with E-state index in [4.69, 9.17) is 0 Å². The van der Waals surface area contributed by atoms with Gasteiger partial charge in [0.25, 0.3) is 0 Å². The molecule has 2 rings (SSSR count). The molecule has 0 aliphatic rings. The van der Waals surface area contributed by atoms with Crippen molar-refractivity contribution in [1.29, 1.82) is 0 Å². The molecule has 2 atom stereocenters. The molecule has 8 heteroatoms. The van der Waals surface area contributed by atoms with Gasteiger partial charge in [-0.25, -0.2) is 9.97 Å². The molecular weight excluding hydrogens is 292 g/mol. The minimum absolute atomic E-state index is 0.206. The lowest BCUT2D eigenvalue weighted by Crippen LogP contribution is -2.18. The van der Waals surface area contributed by atoms with E-state index in [1.807, 2.05) is 0 Å². The summed E-state index contributed by atoms with van der Waals surface area (Å²) >= 11 is 0. The Balaban J connectivity index is 2.53. The largest absolute Gasteiger partial charge is 0.430 e. The predicted octanol–water partition coefficient (Wildman–Crippen LogP) is 0.738. The third kappa shape index (κ3) is 3.54. The van der Waals surface area contributed by atoms with Crippen LogP contribution in [0.1, 0.15) is 37.8 Å². The van der Waals surface area contributed by atoms with Crippen LogP contribution in [0.25, 0.3) is 11.0 Å². The lowest BCUT2D eigenvalue weighted by Gasteiger charge is -2.17. The van der Waals surface area contributed by atoms with Crippen molar-refractivity contribution < 1.29 is 29.3 Å². The molecule has 0 spiro atoms. The van der Waals surface area contributed by atoms with E-state index in [1.165, 1.54) is 0 Å². The second-order valence-electron chi connectivity index (χ2n) is 4.41. The maximum Gasteiger partial charge on any atom is 0.305 e. The number of carbonyl (C=O) groups excluding carboxylic acids is 2. The van der Waals surface area contributed by atoms with Crippen molar-refractivity contribution in [3.05, 3.63) is 35.7 Å². The first-order valence-electron chi connectivity index (χ1n) is 6.35. The van der Waals surface area contributed by atoms with Crippen LogP contribution in [0.2, 0.25) is 0 Å². The summed E-state index contributed by atoms with van der Waals surface area (Å²) in [5, 5.41) is 19.8. The van der Waals surface area contributed by atoms with Crippen LogP contribution in [-0.4, -0.2) is 32.1 Å². The molecule has 0 aliphatic carbocycles. The summed E-state index contributed by atoms with van der Waals surface area (Å²) in [7, 11) is 0. The molecule has 0 bridgehead atoms. The summed E-state index contributed by atoms with van der Waals surface area (Å²) in [5.41, 5.74) is 0.426. The van der Waals surface area contributed by atoms with E-state index in [-0.39, 0.29) is 11.4 Å². The number of para-hydroxylation sites is 2. The van der Waals surface area contributed by atoms with Crippen LogP contribution in [0.15, 0.2) is 24.3 Å². The Morgan fingerprint density at radius 2 is 1.27 bits per heavy atom. The predicted molar refractivity (Wildman–Crippen MR) is 73.0 cm³/mol. The molecule has 2 aromatic rings. The Hall–Kier alpha value is -2.58. The van der Waals surface area contributed by atoms with Gasteiger partial charge in [-0.2, -0.15) is 0 Å². The van der Waals surface area contributed by atoms with Gasteiger partial charge in [0, 0.05) is 13.8 Å². The number of aliphatic hydroxyl groups is 2. The van der Waals surface area contributed by atoms with Crippen LogP contribution in [0, 0.1) is 0 Å². The van der Waals surface area contributed by atoms with Crippen molar-refractivity contribution in [2.24, 2.45) is 0 Å². The molecule has 22 heavy (non-hydrogen) atoms. The Morgan fingerprint density at radius 3 is 1.59 bits per heavy atom. The van der Waals surface area contributed by atoms with Crippen LogP contribution >= 0.6 is 0 Å². The first-order valence-corrected chi connectivity index (χ1v) is 6.35. The summed E-state index contributed by atoms with van der Waals surface area (Å²) in [4.78, 5) is 30.2. The van der Waals surface area contributed by atoms with Gasteiger partial charge in [0.1, 0.15) is 11.4 Å².